The van der Waals surface area contributed by atoms with Crippen molar-refractivity contribution >= 4 is 33.6 Å². The lowest BCUT2D eigenvalue weighted by molar-refractivity contribution is -0.180. The van der Waals surface area contributed by atoms with Gasteiger partial charge in [-0.3, -0.25) is 4.98 Å². The average molecular weight is 746 g/mol. The third kappa shape index (κ3) is 11.9. The van der Waals surface area contributed by atoms with Crippen molar-refractivity contribution < 1.29 is 38.7 Å². The minimum absolute atomic E-state index is 0.0265. The molecule has 0 radical (unpaired) electrons. The normalized spacial score (nSPS) is 18.3. The van der Waals surface area contributed by atoms with Crippen molar-refractivity contribution in [1.82, 2.24) is 19.6 Å². The number of hydrogen-bond donors (Lipinski definition) is 2. The Morgan fingerprint density at radius 3 is 2.16 bits per heavy atom. The largest absolute Gasteiger partial charge is 0.461 e. The zero-order valence-corrected chi connectivity index (χ0v) is 33.7. The maximum atomic E-state index is 13.2. The fourth-order valence-corrected chi connectivity index (χ4v) is 7.45. The Labute approximate surface area is 304 Å². The van der Waals surface area contributed by atoms with E-state index in [1.165, 1.54) is 0 Å². The molecule has 15 heteroatoms. The summed E-state index contributed by atoms with van der Waals surface area (Å²) in [5.74, 6) is 0.376. The van der Waals surface area contributed by atoms with Crippen molar-refractivity contribution in [2.75, 3.05) is 65.1 Å². The molecule has 284 valence electrons. The molecule has 0 aromatic carbocycles. The fraction of sp³-hybridized carbons (Fsp3) is 0.667. The summed E-state index contributed by atoms with van der Waals surface area (Å²) in [5.41, 5.74) is 2.67. The summed E-state index contributed by atoms with van der Waals surface area (Å²) in [7, 11) is -1.00. The molecule has 0 aliphatic heterocycles. The number of carbonyl (C=O) groups excluding carboxylic acids is 1. The summed E-state index contributed by atoms with van der Waals surface area (Å²) in [6, 6.07) is 7.90. The van der Waals surface area contributed by atoms with E-state index in [1.807, 2.05) is 10.6 Å². The third-order valence-electron chi connectivity index (χ3n) is 9.16. The van der Waals surface area contributed by atoms with Gasteiger partial charge in [-0.1, -0.05) is 45.3 Å². The summed E-state index contributed by atoms with van der Waals surface area (Å²) >= 11 is 0. The molecule has 2 N–H and O–H groups in total. The highest BCUT2D eigenvalue weighted by atomic mass is 28.3. The van der Waals surface area contributed by atoms with Crippen LogP contribution in [0.1, 0.15) is 43.0 Å². The van der Waals surface area contributed by atoms with E-state index in [0.717, 1.165) is 34.7 Å². The summed E-state index contributed by atoms with van der Waals surface area (Å²) in [4.78, 5) is 25.0. The molecule has 3 aromatic rings. The first-order chi connectivity index (χ1) is 24.3. The standard InChI is InChI=1S/C36H59N5O8Si2/c1-45-16-17-49-36(35(44)48-15-14-42)12-10-28(11-13-36)32-22-33(40(26-46-18-20-50(2,3)4)27-47-19-21-51(5,6)7)41-34(39-32)31(24-38-41)29-8-9-30(25-43)37-23-29/h8-9,22-24,28,42-43H,10-21,25-27H2,1-7H3. The van der Waals surface area contributed by atoms with Crippen molar-refractivity contribution in [2.24, 2.45) is 0 Å². The van der Waals surface area contributed by atoms with Gasteiger partial charge in [0.2, 0.25) is 0 Å². The van der Waals surface area contributed by atoms with Crippen LogP contribution in [0.5, 0.6) is 0 Å². The molecular formula is C36H59N5O8Si2. The average Bonchev–Trinajstić information content (AvgIpc) is 3.53. The molecule has 1 fully saturated rings. The Balaban J connectivity index is 1.71. The fourth-order valence-electron chi connectivity index (χ4n) is 5.93. The van der Waals surface area contributed by atoms with Gasteiger partial charge in [0.1, 0.15) is 25.9 Å². The van der Waals surface area contributed by atoms with Gasteiger partial charge in [0.05, 0.1) is 38.3 Å². The molecule has 1 aliphatic carbocycles. The molecular weight excluding hydrogens is 687 g/mol. The topological polar surface area (TPSA) is 150 Å². The van der Waals surface area contributed by atoms with Crippen LogP contribution in [-0.2, 0) is 35.1 Å². The molecule has 0 amide bonds. The minimum atomic E-state index is -1.30. The Morgan fingerprint density at radius 2 is 1.61 bits per heavy atom. The highest BCUT2D eigenvalue weighted by Gasteiger charge is 2.45. The van der Waals surface area contributed by atoms with Crippen molar-refractivity contribution in [1.29, 1.82) is 0 Å². The molecule has 1 aliphatic rings. The van der Waals surface area contributed by atoms with Crippen LogP contribution >= 0.6 is 0 Å². The third-order valence-corrected chi connectivity index (χ3v) is 12.6. The number of aliphatic hydroxyl groups is 2. The molecule has 0 atom stereocenters. The van der Waals surface area contributed by atoms with Crippen LogP contribution < -0.4 is 4.90 Å². The van der Waals surface area contributed by atoms with Crippen molar-refractivity contribution in [3.05, 3.63) is 42.0 Å². The van der Waals surface area contributed by atoms with Gasteiger partial charge >= 0.3 is 5.97 Å². The van der Waals surface area contributed by atoms with Crippen LogP contribution in [-0.4, -0.2) is 118 Å². The summed E-state index contributed by atoms with van der Waals surface area (Å²) in [6.07, 6.45) is 5.69. The number of rotatable bonds is 21. The maximum Gasteiger partial charge on any atom is 0.338 e. The summed E-state index contributed by atoms with van der Waals surface area (Å²) in [6.45, 7) is 16.2. The monoisotopic (exact) mass is 745 g/mol. The van der Waals surface area contributed by atoms with Crippen molar-refractivity contribution in [2.45, 2.75) is 95.2 Å². The minimum Gasteiger partial charge on any atom is -0.461 e. The maximum absolute atomic E-state index is 13.2. The van der Waals surface area contributed by atoms with Crippen LogP contribution in [0.3, 0.4) is 0 Å². The van der Waals surface area contributed by atoms with E-state index in [4.69, 9.17) is 33.8 Å². The molecule has 3 heterocycles. The Kier molecular flexibility index (Phi) is 15.1. The second kappa shape index (κ2) is 18.8. The highest BCUT2D eigenvalue weighted by Crippen LogP contribution is 2.42. The molecule has 0 saturated heterocycles. The zero-order valence-electron chi connectivity index (χ0n) is 31.7. The lowest BCUT2D eigenvalue weighted by Gasteiger charge is -2.38. The molecule has 3 aromatic heterocycles. The number of pyridine rings is 1. The highest BCUT2D eigenvalue weighted by molar-refractivity contribution is 6.76. The van der Waals surface area contributed by atoms with Gasteiger partial charge < -0.3 is 38.8 Å². The first-order valence-electron chi connectivity index (χ1n) is 18.1. The summed E-state index contributed by atoms with van der Waals surface area (Å²) < 4.78 is 31.2. The SMILES string of the molecule is COCCOC1(C(=O)OCCO)CCC(c2cc(N(COCC[Si](C)(C)C)COCC[Si](C)(C)C)n3ncc(-c4ccc(CO)nc4)c3n2)CC1. The van der Waals surface area contributed by atoms with Gasteiger partial charge in [-0.05, 0) is 43.8 Å². The quantitative estimate of drug-likeness (QED) is 0.0630. The predicted molar refractivity (Wildman–Crippen MR) is 202 cm³/mol. The molecule has 51 heavy (non-hydrogen) atoms. The summed E-state index contributed by atoms with van der Waals surface area (Å²) in [5, 5.41) is 23.7. The van der Waals surface area contributed by atoms with Crippen LogP contribution in [0.2, 0.25) is 51.4 Å². The van der Waals surface area contributed by atoms with Gasteiger partial charge in [-0.25, -0.2) is 9.78 Å². The van der Waals surface area contributed by atoms with Gasteiger partial charge in [-0.15, -0.1) is 0 Å². The number of aliphatic hydroxyl groups excluding tert-OH is 2. The second-order valence-corrected chi connectivity index (χ2v) is 27.0. The van der Waals surface area contributed by atoms with E-state index in [2.05, 4.69) is 55.2 Å². The predicted octanol–water partition coefficient (Wildman–Crippen LogP) is 5.31. The van der Waals surface area contributed by atoms with Gasteiger partial charge in [-0.2, -0.15) is 9.61 Å². The smallest absolute Gasteiger partial charge is 0.338 e. The van der Waals surface area contributed by atoms with E-state index in [1.54, 1.807) is 25.6 Å². The van der Waals surface area contributed by atoms with Crippen LogP contribution in [0.15, 0.2) is 30.6 Å². The number of anilines is 1. The van der Waals surface area contributed by atoms with E-state index in [9.17, 15) is 15.0 Å². The molecule has 13 nitrogen and oxygen atoms in total. The molecule has 4 rings (SSSR count). The molecule has 0 bridgehead atoms. The van der Waals surface area contributed by atoms with E-state index < -0.39 is 27.7 Å². The first-order valence-corrected chi connectivity index (χ1v) is 25.5. The van der Waals surface area contributed by atoms with E-state index >= 15 is 0 Å². The molecule has 0 unspecified atom stereocenters. The Hall–Kier alpha value is -2.77. The van der Waals surface area contributed by atoms with Gasteiger partial charge in [0, 0.05) is 71.5 Å². The Morgan fingerprint density at radius 1 is 0.941 bits per heavy atom. The molecule has 0 spiro atoms. The number of carbonyl (C=O) groups is 1. The number of hydrogen-bond acceptors (Lipinski definition) is 12. The Bertz CT molecular complexity index is 1500. The number of methoxy groups -OCH3 is 1. The first kappa shape index (κ1) is 41.0. The lowest BCUT2D eigenvalue weighted by atomic mass is 9.77. The number of esters is 1. The number of fused-ring (bicyclic) bond motifs is 1. The van der Waals surface area contributed by atoms with Gasteiger partial charge in [0.25, 0.3) is 0 Å². The molecule has 1 saturated carbocycles. The van der Waals surface area contributed by atoms with Crippen LogP contribution in [0, 0.1) is 0 Å². The van der Waals surface area contributed by atoms with Crippen LogP contribution in [0.25, 0.3) is 16.8 Å². The van der Waals surface area contributed by atoms with Crippen LogP contribution in [0.4, 0.5) is 5.82 Å². The van der Waals surface area contributed by atoms with Crippen molar-refractivity contribution in [3.63, 3.8) is 0 Å². The van der Waals surface area contributed by atoms with E-state index in [-0.39, 0.29) is 32.3 Å². The van der Waals surface area contributed by atoms with Gasteiger partial charge in [0.15, 0.2) is 11.2 Å². The number of nitrogens with zero attached hydrogens (tertiary/aromatic N) is 5. The second-order valence-electron chi connectivity index (χ2n) is 15.7. The lowest BCUT2D eigenvalue weighted by Crippen LogP contribution is -2.46. The van der Waals surface area contributed by atoms with E-state index in [0.29, 0.717) is 70.3 Å². The zero-order chi connectivity index (χ0) is 37.1. The number of ether oxygens (including phenoxy) is 5. The van der Waals surface area contributed by atoms with Crippen molar-refractivity contribution in [3.8, 4) is 11.1 Å². The number of aromatic nitrogens is 4.